The number of hydrogen-bond donors (Lipinski definition) is 0. The van der Waals surface area contributed by atoms with E-state index in [9.17, 15) is 13.2 Å². The highest BCUT2D eigenvalue weighted by atomic mass is 35.5. The minimum absolute atomic E-state index is 0.127. The number of benzene rings is 3. The van der Waals surface area contributed by atoms with Crippen LogP contribution in [0.2, 0.25) is 5.02 Å². The van der Waals surface area contributed by atoms with Gasteiger partial charge in [-0.2, -0.15) is 4.31 Å². The Morgan fingerprint density at radius 2 is 1.64 bits per heavy atom. The van der Waals surface area contributed by atoms with E-state index in [1.54, 1.807) is 42.4 Å². The van der Waals surface area contributed by atoms with Crippen molar-refractivity contribution in [1.82, 2.24) is 14.3 Å². The van der Waals surface area contributed by atoms with Gasteiger partial charge in [-0.15, -0.1) is 0 Å². The van der Waals surface area contributed by atoms with E-state index >= 15 is 0 Å². The molecule has 0 saturated carbocycles. The zero-order chi connectivity index (χ0) is 27.4. The van der Waals surface area contributed by atoms with Gasteiger partial charge < -0.3 is 0 Å². The molecule has 0 spiro atoms. The molecule has 0 aliphatic rings. The number of nitrogens with zero attached hydrogens (tertiary/aromatic N) is 4. The smallest absolute Gasteiger partial charge is 0.260 e. The summed E-state index contributed by atoms with van der Waals surface area (Å²) in [6.07, 6.45) is 3.37. The molecular formula is C29H25ClN4O3S2. The molecule has 7 nitrogen and oxygen atoms in total. The summed E-state index contributed by atoms with van der Waals surface area (Å²) in [5.74, 6) is -0.311. The van der Waals surface area contributed by atoms with Gasteiger partial charge in [-0.3, -0.25) is 14.7 Å². The lowest BCUT2D eigenvalue weighted by Gasteiger charge is -2.22. The predicted molar refractivity (Wildman–Crippen MR) is 156 cm³/mol. The van der Waals surface area contributed by atoms with E-state index < -0.39 is 10.0 Å². The number of para-hydroxylation sites is 1. The number of fused-ring (bicyclic) bond motifs is 1. The van der Waals surface area contributed by atoms with Crippen molar-refractivity contribution in [3.63, 3.8) is 0 Å². The fourth-order valence-electron chi connectivity index (χ4n) is 4.15. The van der Waals surface area contributed by atoms with Gasteiger partial charge in [-0.05, 0) is 53.6 Å². The maximum absolute atomic E-state index is 13.8. The van der Waals surface area contributed by atoms with Crippen molar-refractivity contribution in [3.8, 4) is 0 Å². The number of amides is 1. The van der Waals surface area contributed by atoms with Crippen molar-refractivity contribution in [2.24, 2.45) is 0 Å². The molecule has 0 bridgehead atoms. The van der Waals surface area contributed by atoms with Gasteiger partial charge in [0.15, 0.2) is 5.13 Å². The number of carbonyl (C=O) groups is 1. The van der Waals surface area contributed by atoms with E-state index in [4.69, 9.17) is 11.6 Å². The molecule has 0 atom stereocenters. The maximum atomic E-state index is 13.8. The van der Waals surface area contributed by atoms with Gasteiger partial charge in [0.2, 0.25) is 10.0 Å². The number of sulfonamides is 1. The Kier molecular flexibility index (Phi) is 8.04. The van der Waals surface area contributed by atoms with E-state index in [1.165, 1.54) is 27.8 Å². The van der Waals surface area contributed by atoms with Gasteiger partial charge in [0, 0.05) is 31.0 Å². The van der Waals surface area contributed by atoms with Crippen molar-refractivity contribution in [2.45, 2.75) is 24.9 Å². The van der Waals surface area contributed by atoms with Crippen LogP contribution in [0.25, 0.3) is 10.2 Å². The van der Waals surface area contributed by atoms with Crippen LogP contribution in [0.4, 0.5) is 5.13 Å². The Morgan fingerprint density at radius 1 is 0.897 bits per heavy atom. The Bertz CT molecular complexity index is 1690. The van der Waals surface area contributed by atoms with Crippen molar-refractivity contribution in [1.29, 1.82) is 0 Å². The molecule has 198 valence electrons. The van der Waals surface area contributed by atoms with Crippen molar-refractivity contribution >= 4 is 54.2 Å². The molecule has 0 aliphatic heterocycles. The first kappa shape index (κ1) is 27.0. The molecule has 2 aromatic heterocycles. The first-order valence-electron chi connectivity index (χ1n) is 12.3. The fourth-order valence-corrected chi connectivity index (χ4v) is 6.85. The number of anilines is 1. The first-order chi connectivity index (χ1) is 18.9. The lowest BCUT2D eigenvalue weighted by atomic mass is 10.2. The van der Waals surface area contributed by atoms with Crippen molar-refractivity contribution < 1.29 is 13.2 Å². The highest BCUT2D eigenvalue weighted by Gasteiger charge is 2.26. The number of aromatic nitrogens is 2. The Labute approximate surface area is 236 Å². The van der Waals surface area contributed by atoms with Gasteiger partial charge in [-0.1, -0.05) is 72.3 Å². The average Bonchev–Trinajstić information content (AvgIpc) is 3.41. The van der Waals surface area contributed by atoms with Crippen LogP contribution in [0.5, 0.6) is 0 Å². The quantitative estimate of drug-likeness (QED) is 0.203. The topological polar surface area (TPSA) is 83.5 Å². The molecule has 3 aromatic carbocycles. The van der Waals surface area contributed by atoms with Crippen LogP contribution in [0.3, 0.4) is 0 Å². The van der Waals surface area contributed by atoms with Gasteiger partial charge >= 0.3 is 0 Å². The number of hydrogen-bond acceptors (Lipinski definition) is 6. The van der Waals surface area contributed by atoms with E-state index in [-0.39, 0.29) is 23.9 Å². The molecule has 0 unspecified atom stereocenters. The van der Waals surface area contributed by atoms with Crippen LogP contribution >= 0.6 is 22.9 Å². The highest BCUT2D eigenvalue weighted by molar-refractivity contribution is 7.89. The molecule has 39 heavy (non-hydrogen) atoms. The highest BCUT2D eigenvalue weighted by Crippen LogP contribution is 2.34. The van der Waals surface area contributed by atoms with Crippen LogP contribution in [0.15, 0.2) is 102 Å². The third kappa shape index (κ3) is 5.86. The number of rotatable bonds is 9. The SMILES string of the molecule is CCN(Cc1ccccc1)S(=O)(=O)c1ccc(C(=O)N(Cc2cccnc2)c2nc3c(Cl)cccc3s2)cc1. The fraction of sp³-hybridized carbons (Fsp3) is 0.138. The van der Waals surface area contributed by atoms with Crippen LogP contribution in [0.1, 0.15) is 28.4 Å². The second-order valence-corrected chi connectivity index (χ2v) is 12.1. The van der Waals surface area contributed by atoms with E-state index in [2.05, 4.69) is 9.97 Å². The molecule has 0 aliphatic carbocycles. The third-order valence-electron chi connectivity index (χ3n) is 6.19. The first-order valence-corrected chi connectivity index (χ1v) is 14.9. The molecular weight excluding hydrogens is 552 g/mol. The summed E-state index contributed by atoms with van der Waals surface area (Å²) in [5, 5.41) is 0.998. The maximum Gasteiger partial charge on any atom is 0.260 e. The van der Waals surface area contributed by atoms with Gasteiger partial charge in [0.25, 0.3) is 5.91 Å². The Morgan fingerprint density at radius 3 is 2.31 bits per heavy atom. The lowest BCUT2D eigenvalue weighted by molar-refractivity contribution is 0.0985. The van der Waals surface area contributed by atoms with Gasteiger partial charge in [0.1, 0.15) is 5.52 Å². The molecule has 0 saturated heterocycles. The monoisotopic (exact) mass is 576 g/mol. The minimum atomic E-state index is -3.76. The van der Waals surface area contributed by atoms with Crippen molar-refractivity contribution in [3.05, 3.63) is 119 Å². The minimum Gasteiger partial charge on any atom is -0.279 e. The Balaban J connectivity index is 1.45. The van der Waals surface area contributed by atoms with E-state index in [0.717, 1.165) is 15.8 Å². The lowest BCUT2D eigenvalue weighted by Crippen LogP contribution is -2.31. The number of halogens is 1. The zero-order valence-electron chi connectivity index (χ0n) is 21.1. The molecule has 0 fully saturated rings. The molecule has 2 heterocycles. The molecule has 0 radical (unpaired) electrons. The summed E-state index contributed by atoms with van der Waals surface area (Å²) in [4.78, 5) is 24.3. The second-order valence-electron chi connectivity index (χ2n) is 8.78. The van der Waals surface area contributed by atoms with E-state index in [1.807, 2.05) is 54.6 Å². The summed E-state index contributed by atoms with van der Waals surface area (Å²) < 4.78 is 29.0. The average molecular weight is 577 g/mol. The second kappa shape index (κ2) is 11.6. The van der Waals surface area contributed by atoms with Gasteiger partial charge in [-0.25, -0.2) is 13.4 Å². The summed E-state index contributed by atoms with van der Waals surface area (Å²) in [5.41, 5.74) is 2.70. The summed E-state index contributed by atoms with van der Waals surface area (Å²) in [6, 6.07) is 24.7. The Hall–Kier alpha value is -3.63. The van der Waals surface area contributed by atoms with E-state index in [0.29, 0.717) is 27.8 Å². The normalized spacial score (nSPS) is 11.7. The van der Waals surface area contributed by atoms with Crippen LogP contribution in [-0.4, -0.2) is 35.1 Å². The van der Waals surface area contributed by atoms with Crippen LogP contribution in [-0.2, 0) is 23.1 Å². The number of pyridine rings is 1. The molecule has 0 N–H and O–H groups in total. The van der Waals surface area contributed by atoms with Gasteiger partial charge in [0.05, 0.1) is 21.2 Å². The molecule has 1 amide bonds. The summed E-state index contributed by atoms with van der Waals surface area (Å²) >= 11 is 7.71. The number of thiazole rings is 1. The zero-order valence-corrected chi connectivity index (χ0v) is 23.5. The molecule has 5 rings (SSSR count). The van der Waals surface area contributed by atoms with Crippen molar-refractivity contribution in [2.75, 3.05) is 11.4 Å². The standard InChI is InChI=1S/C29H25ClN4O3S2/c1-2-33(19-21-8-4-3-5-9-21)39(36,37)24-15-13-23(14-16-24)28(35)34(20-22-10-7-17-31-18-22)29-32-27-25(30)11-6-12-26(27)38-29/h3-18H,2,19-20H2,1H3. The molecule has 5 aromatic rings. The van der Waals surface area contributed by atoms with Crippen LogP contribution < -0.4 is 4.90 Å². The summed E-state index contributed by atoms with van der Waals surface area (Å²) in [6.45, 7) is 2.63. The van der Waals surface area contributed by atoms with Crippen LogP contribution in [0, 0.1) is 0 Å². The predicted octanol–water partition coefficient (Wildman–Crippen LogP) is 6.40. The third-order valence-corrected chi connectivity index (χ3v) is 9.48. The largest absolute Gasteiger partial charge is 0.279 e. The summed E-state index contributed by atoms with van der Waals surface area (Å²) in [7, 11) is -3.76. The molecule has 10 heteroatoms. The number of carbonyl (C=O) groups excluding carboxylic acids is 1.